The van der Waals surface area contributed by atoms with Crippen LogP contribution in [0.4, 0.5) is 18.9 Å². The molecule has 13 nitrogen and oxygen atoms in total. The van der Waals surface area contributed by atoms with Crippen molar-refractivity contribution in [3.63, 3.8) is 0 Å². The van der Waals surface area contributed by atoms with Crippen molar-refractivity contribution in [1.82, 2.24) is 24.7 Å². The van der Waals surface area contributed by atoms with Crippen molar-refractivity contribution in [2.24, 2.45) is 0 Å². The maximum absolute atomic E-state index is 14.2. The molecule has 0 saturated carbocycles. The Hall–Kier alpha value is -2.37. The molecule has 0 aliphatic rings. The van der Waals surface area contributed by atoms with Crippen LogP contribution in [0.5, 0.6) is 0 Å². The second-order valence-corrected chi connectivity index (χ2v) is 8.93. The maximum atomic E-state index is 14.2. The number of anilines is 1. The first-order valence-corrected chi connectivity index (χ1v) is 11.9. The third-order valence-electron chi connectivity index (χ3n) is 5.37. The van der Waals surface area contributed by atoms with Gasteiger partial charge in [0.1, 0.15) is 17.8 Å². The molecule has 5 rings (SSSR count). The summed E-state index contributed by atoms with van der Waals surface area (Å²) >= 11 is 0. The molecule has 1 amide bonds. The molecule has 196 valence electrons. The summed E-state index contributed by atoms with van der Waals surface area (Å²) in [6.45, 7) is -0.917. The molecule has 0 bridgehead atoms. The zero-order valence-corrected chi connectivity index (χ0v) is 25.5. The van der Waals surface area contributed by atoms with E-state index in [2.05, 4.69) is 29.9 Å². The van der Waals surface area contributed by atoms with E-state index in [0.29, 0.717) is 10.2 Å². The molecule has 0 fully saturated rings. The number of phosphoric acid groups is 1. The van der Waals surface area contributed by atoms with E-state index >= 15 is 0 Å². The van der Waals surface area contributed by atoms with Gasteiger partial charge in [-0.2, -0.15) is 18.3 Å². The van der Waals surface area contributed by atoms with Gasteiger partial charge in [0.2, 0.25) is 0 Å². The summed E-state index contributed by atoms with van der Waals surface area (Å²) < 4.78 is 63.3. The first kappa shape index (κ1) is 32.1. The van der Waals surface area contributed by atoms with Crippen molar-refractivity contribution in [3.8, 4) is 5.69 Å². The van der Waals surface area contributed by atoms with Crippen LogP contribution in [0, 0.1) is 0 Å². The Balaban J connectivity index is 0.00000220. The molecule has 3 heterocycles. The topological polar surface area (TPSA) is 180 Å². The third kappa shape index (κ3) is 6.57. The number of hydrogen-bond donors (Lipinski definition) is 1. The first-order valence-electron chi connectivity index (χ1n) is 10.4. The van der Waals surface area contributed by atoms with E-state index in [1.807, 2.05) is 0 Å². The molecule has 0 radical (unpaired) electrons. The summed E-state index contributed by atoms with van der Waals surface area (Å²) in [6, 6.07) is 9.25. The number of rotatable bonds is 6. The Labute approximate surface area is 265 Å². The van der Waals surface area contributed by atoms with Gasteiger partial charge < -0.3 is 24.2 Å². The second-order valence-electron chi connectivity index (χ2n) is 7.77. The van der Waals surface area contributed by atoms with Crippen LogP contribution >= 0.6 is 7.82 Å². The molecule has 1 N–H and O–H groups in total. The van der Waals surface area contributed by atoms with Gasteiger partial charge in [-0.15, -0.1) is 0 Å². The number of alkyl halides is 3. The van der Waals surface area contributed by atoms with Crippen molar-refractivity contribution < 1.29 is 101 Å². The molecule has 3 aromatic heterocycles. The second kappa shape index (κ2) is 12.2. The Morgan fingerprint density at radius 2 is 1.80 bits per heavy atom. The van der Waals surface area contributed by atoms with E-state index in [9.17, 15) is 37.1 Å². The maximum Gasteiger partial charge on any atom is 1.00 e. The van der Waals surface area contributed by atoms with Crippen LogP contribution in [0.1, 0.15) is 16.1 Å². The number of nitrogens with zero attached hydrogens (tertiary/aromatic N) is 5. The van der Waals surface area contributed by atoms with Crippen molar-refractivity contribution in [1.29, 1.82) is 0 Å². The molecular weight excluding hydrogens is 582 g/mol. The Morgan fingerprint density at radius 3 is 2.50 bits per heavy atom. The number of carbonyl (C=O) groups is 1. The number of pyridine rings is 1. The molecule has 0 aliphatic carbocycles. The monoisotopic (exact) mass is 594 g/mol. The van der Waals surface area contributed by atoms with Crippen LogP contribution in [-0.2, 0) is 22.0 Å². The van der Waals surface area contributed by atoms with Crippen LogP contribution in [0.25, 0.3) is 27.5 Å². The molecule has 0 spiro atoms. The smallest absolute Gasteiger partial charge is 0.790 e. The molecule has 40 heavy (non-hydrogen) atoms. The van der Waals surface area contributed by atoms with Gasteiger partial charge in [0, 0.05) is 22.7 Å². The Morgan fingerprint density at radius 1 is 1.07 bits per heavy atom. The predicted molar refractivity (Wildman–Crippen MR) is 119 cm³/mol. The number of hydrogen-bond acceptors (Lipinski definition) is 10. The fraction of sp³-hybridized carbons (Fsp3) is 0.0952. The number of benzene rings is 2. The van der Waals surface area contributed by atoms with E-state index in [1.165, 1.54) is 42.5 Å². The minimum absolute atomic E-state index is 0. The van der Waals surface area contributed by atoms with Crippen molar-refractivity contribution in [3.05, 3.63) is 76.5 Å². The molecule has 0 atom stereocenters. The summed E-state index contributed by atoms with van der Waals surface area (Å²) in [7, 11) is -5.38. The summed E-state index contributed by atoms with van der Waals surface area (Å²) in [6.07, 6.45) is -3.26. The van der Waals surface area contributed by atoms with Crippen LogP contribution in [-0.4, -0.2) is 30.6 Å². The number of fused-ring (bicyclic) bond motifs is 2. The normalized spacial score (nSPS) is 11.7. The SMILES string of the molecule is O=C(Nc1ccc2nonc2c1)c1cnn(-c2cccc3c(=O)n(COP(=O)([O-])[O-])ccc23)c1C(F)(F)F.[Na+].[Na+]. The zero-order valence-electron chi connectivity index (χ0n) is 20.6. The average Bonchev–Trinajstić information content (AvgIpc) is 3.50. The Kier molecular flexibility index (Phi) is 9.84. The number of nitrogens with one attached hydrogen (secondary N) is 1. The predicted octanol–water partition coefficient (Wildman–Crippen LogP) is -4.19. The number of amides is 1. The van der Waals surface area contributed by atoms with E-state index < -0.39 is 43.5 Å². The van der Waals surface area contributed by atoms with Gasteiger partial charge in [-0.3, -0.25) is 14.2 Å². The van der Waals surface area contributed by atoms with Crippen LogP contribution in [0.3, 0.4) is 0 Å². The average molecular weight is 594 g/mol. The molecule has 2 aromatic carbocycles. The van der Waals surface area contributed by atoms with E-state index in [0.717, 1.165) is 17.0 Å². The van der Waals surface area contributed by atoms with E-state index in [4.69, 9.17) is 0 Å². The van der Waals surface area contributed by atoms with Gasteiger partial charge in [-0.05, 0) is 46.7 Å². The van der Waals surface area contributed by atoms with Gasteiger partial charge in [0.15, 0.2) is 5.69 Å². The number of phosphoric ester groups is 1. The van der Waals surface area contributed by atoms with Gasteiger partial charge in [-0.1, -0.05) is 6.07 Å². The summed E-state index contributed by atoms with van der Waals surface area (Å²) in [5, 5.41) is 13.2. The number of carbonyl (C=O) groups excluding carboxylic acids is 1. The van der Waals surface area contributed by atoms with Gasteiger partial charge in [0.25, 0.3) is 11.5 Å². The molecule has 0 unspecified atom stereocenters. The van der Waals surface area contributed by atoms with Crippen molar-refractivity contribution in [2.75, 3.05) is 5.32 Å². The standard InChI is InChI=1S/C21H14F3N6O7P.2Na/c22-21(23,24)18-14(19(31)26-11-4-5-15-16(8-11)28-37-27-15)9-25-30(18)17-3-1-2-13-12(17)6-7-29(20(13)32)10-36-38(33,34)35;;/h1-9H,10H2,(H,26,31)(H2,33,34,35);;/q;2*+1/p-2. The number of aromatic nitrogens is 5. The largest absolute Gasteiger partial charge is 1.00 e. The number of halogens is 3. The van der Waals surface area contributed by atoms with Crippen LogP contribution in [0.2, 0.25) is 0 Å². The first-order chi connectivity index (χ1) is 17.9. The fourth-order valence-corrected chi connectivity index (χ4v) is 4.02. The van der Waals surface area contributed by atoms with E-state index in [1.54, 1.807) is 0 Å². The zero-order chi connectivity index (χ0) is 27.2. The Bertz CT molecular complexity index is 1820. The van der Waals surface area contributed by atoms with Crippen LogP contribution in [0.15, 0.2) is 64.3 Å². The minimum Gasteiger partial charge on any atom is -0.790 e. The quantitative estimate of drug-likeness (QED) is 0.150. The van der Waals surface area contributed by atoms with Gasteiger partial charge in [-0.25, -0.2) is 9.31 Å². The van der Waals surface area contributed by atoms with Crippen molar-refractivity contribution >= 4 is 41.2 Å². The fourth-order valence-electron chi connectivity index (χ4n) is 3.75. The third-order valence-corrected chi connectivity index (χ3v) is 5.80. The summed E-state index contributed by atoms with van der Waals surface area (Å²) in [5.41, 5.74) is -2.44. The summed E-state index contributed by atoms with van der Waals surface area (Å²) in [4.78, 5) is 47.1. The van der Waals surface area contributed by atoms with Crippen molar-refractivity contribution in [2.45, 2.75) is 12.9 Å². The van der Waals surface area contributed by atoms with Crippen LogP contribution < -0.4 is 79.8 Å². The molecule has 0 aliphatic heterocycles. The molecule has 19 heteroatoms. The van der Waals surface area contributed by atoms with Gasteiger partial charge >= 0.3 is 65.3 Å². The summed E-state index contributed by atoms with van der Waals surface area (Å²) in [5.74, 6) is -1.11. The van der Waals surface area contributed by atoms with E-state index in [-0.39, 0.29) is 86.8 Å². The molecule has 5 aromatic rings. The minimum atomic E-state index is -5.38. The molecule has 0 saturated heterocycles. The van der Waals surface area contributed by atoms with Gasteiger partial charge in [0.05, 0.1) is 25.3 Å². The molecular formula is C21H12F3N6Na2O7P.